The van der Waals surface area contributed by atoms with Gasteiger partial charge in [-0.05, 0) is 38.0 Å². The maximum Gasteiger partial charge on any atom is 0.272 e. The van der Waals surface area contributed by atoms with Crippen LogP contribution in [0.15, 0.2) is 24.3 Å². The van der Waals surface area contributed by atoms with Gasteiger partial charge in [-0.1, -0.05) is 6.07 Å². The molecule has 4 rings (SSSR count). The standard InChI is InChI=1S/C20H26N6O2/c1-13(22-20(28)18-16-12-21-8-7-17(16)24-25-18)19(27)23-14-5-4-6-15(11-14)26-9-2-3-10-26/h4-6,11,13,21H,2-3,7-10,12H2,1H3,(H,22,28)(H,23,27)(H,24,25). The Kier molecular flexibility index (Phi) is 5.29. The highest BCUT2D eigenvalue weighted by molar-refractivity contribution is 6.01. The zero-order chi connectivity index (χ0) is 19.5. The second-order valence-electron chi connectivity index (χ2n) is 7.38. The Morgan fingerprint density at radius 1 is 1.25 bits per heavy atom. The Bertz CT molecular complexity index is 871. The van der Waals surface area contributed by atoms with Crippen molar-refractivity contribution < 1.29 is 9.59 Å². The highest BCUT2D eigenvalue weighted by Gasteiger charge is 2.24. The number of aromatic amines is 1. The van der Waals surface area contributed by atoms with Crippen LogP contribution in [0.3, 0.4) is 0 Å². The minimum atomic E-state index is -0.674. The van der Waals surface area contributed by atoms with Crippen LogP contribution in [-0.2, 0) is 17.8 Å². The molecule has 2 amide bonds. The van der Waals surface area contributed by atoms with Crippen LogP contribution in [0.25, 0.3) is 0 Å². The summed E-state index contributed by atoms with van der Waals surface area (Å²) in [6.45, 7) is 5.25. The van der Waals surface area contributed by atoms with Crippen molar-refractivity contribution in [1.29, 1.82) is 0 Å². The number of nitrogens with zero attached hydrogens (tertiary/aromatic N) is 2. The third kappa shape index (κ3) is 3.87. The van der Waals surface area contributed by atoms with Crippen molar-refractivity contribution in [2.24, 2.45) is 0 Å². The fraction of sp³-hybridized carbons (Fsp3) is 0.450. The molecule has 2 aromatic rings. The molecule has 1 aromatic carbocycles. The van der Waals surface area contributed by atoms with E-state index in [2.05, 4.69) is 37.1 Å². The number of amides is 2. The lowest BCUT2D eigenvalue weighted by Crippen LogP contribution is -2.42. The maximum absolute atomic E-state index is 12.6. The van der Waals surface area contributed by atoms with Crippen molar-refractivity contribution in [3.8, 4) is 0 Å². The fourth-order valence-electron chi connectivity index (χ4n) is 3.75. The fourth-order valence-corrected chi connectivity index (χ4v) is 3.75. The van der Waals surface area contributed by atoms with E-state index in [4.69, 9.17) is 0 Å². The highest BCUT2D eigenvalue weighted by atomic mass is 16.2. The van der Waals surface area contributed by atoms with Gasteiger partial charge in [-0.25, -0.2) is 0 Å². The molecule has 0 bridgehead atoms. The summed E-state index contributed by atoms with van der Waals surface area (Å²) in [4.78, 5) is 27.4. The van der Waals surface area contributed by atoms with Gasteiger partial charge in [0.2, 0.25) is 5.91 Å². The van der Waals surface area contributed by atoms with E-state index in [0.717, 1.165) is 48.7 Å². The molecule has 1 saturated heterocycles. The average molecular weight is 382 g/mol. The Balaban J connectivity index is 1.38. The SMILES string of the molecule is CC(NC(=O)c1n[nH]c2c1CNCC2)C(=O)Nc1cccc(N2CCCC2)c1. The first kappa shape index (κ1) is 18.5. The first-order valence-corrected chi connectivity index (χ1v) is 9.85. The van der Waals surface area contributed by atoms with Crippen molar-refractivity contribution in [2.45, 2.75) is 38.8 Å². The van der Waals surface area contributed by atoms with E-state index < -0.39 is 6.04 Å². The maximum atomic E-state index is 12.6. The molecule has 4 N–H and O–H groups in total. The summed E-state index contributed by atoms with van der Waals surface area (Å²) in [7, 11) is 0. The van der Waals surface area contributed by atoms with E-state index in [-0.39, 0.29) is 11.8 Å². The second kappa shape index (κ2) is 8.02. The zero-order valence-electron chi connectivity index (χ0n) is 16.0. The zero-order valence-corrected chi connectivity index (χ0v) is 16.0. The third-order valence-corrected chi connectivity index (χ3v) is 5.35. The lowest BCUT2D eigenvalue weighted by Gasteiger charge is -2.19. The highest BCUT2D eigenvalue weighted by Crippen LogP contribution is 2.23. The average Bonchev–Trinajstić information content (AvgIpc) is 3.38. The Hall–Kier alpha value is -2.87. The first-order chi connectivity index (χ1) is 13.6. The van der Waals surface area contributed by atoms with Gasteiger partial charge >= 0.3 is 0 Å². The molecular formula is C20H26N6O2. The number of hydrogen-bond donors (Lipinski definition) is 4. The van der Waals surface area contributed by atoms with Crippen LogP contribution in [0.1, 0.15) is 41.5 Å². The lowest BCUT2D eigenvalue weighted by atomic mass is 10.1. The van der Waals surface area contributed by atoms with Crippen LogP contribution in [0.2, 0.25) is 0 Å². The van der Waals surface area contributed by atoms with Crippen LogP contribution in [0, 0.1) is 0 Å². The molecule has 3 heterocycles. The molecule has 2 aliphatic heterocycles. The summed E-state index contributed by atoms with van der Waals surface area (Å²) in [5.74, 6) is -0.593. The van der Waals surface area contributed by atoms with Crippen LogP contribution >= 0.6 is 0 Å². The van der Waals surface area contributed by atoms with Crippen molar-refractivity contribution in [1.82, 2.24) is 20.8 Å². The number of carbonyl (C=O) groups is 2. The quantitative estimate of drug-likeness (QED) is 0.626. The number of benzene rings is 1. The van der Waals surface area contributed by atoms with Gasteiger partial charge in [-0.2, -0.15) is 5.10 Å². The van der Waals surface area contributed by atoms with Crippen molar-refractivity contribution >= 4 is 23.2 Å². The van der Waals surface area contributed by atoms with Crippen LogP contribution in [0.4, 0.5) is 11.4 Å². The van der Waals surface area contributed by atoms with Gasteiger partial charge in [0.15, 0.2) is 5.69 Å². The Labute approximate surface area is 164 Å². The number of H-pyrrole nitrogens is 1. The van der Waals surface area contributed by atoms with E-state index in [1.807, 2.05) is 18.2 Å². The number of hydrogen-bond acceptors (Lipinski definition) is 5. The molecule has 0 radical (unpaired) electrons. The molecule has 28 heavy (non-hydrogen) atoms. The largest absolute Gasteiger partial charge is 0.371 e. The van der Waals surface area contributed by atoms with E-state index in [0.29, 0.717) is 12.2 Å². The molecule has 0 saturated carbocycles. The number of nitrogens with one attached hydrogen (secondary N) is 4. The third-order valence-electron chi connectivity index (χ3n) is 5.35. The number of aromatic nitrogens is 2. The lowest BCUT2D eigenvalue weighted by molar-refractivity contribution is -0.117. The van der Waals surface area contributed by atoms with Crippen molar-refractivity contribution in [3.63, 3.8) is 0 Å². The summed E-state index contributed by atoms with van der Waals surface area (Å²) in [6.07, 6.45) is 3.22. The van der Waals surface area contributed by atoms with Gasteiger partial charge in [-0.3, -0.25) is 14.7 Å². The molecule has 2 aliphatic rings. The molecule has 8 heteroatoms. The topological polar surface area (TPSA) is 102 Å². The molecular weight excluding hydrogens is 356 g/mol. The molecule has 0 aliphatic carbocycles. The molecule has 148 valence electrons. The minimum absolute atomic E-state index is 0.255. The normalized spacial score (nSPS) is 17.1. The molecule has 0 spiro atoms. The van der Waals surface area contributed by atoms with Gasteiger partial charge in [-0.15, -0.1) is 0 Å². The number of fused-ring (bicyclic) bond motifs is 1. The Morgan fingerprint density at radius 3 is 2.89 bits per heavy atom. The Morgan fingerprint density at radius 2 is 2.07 bits per heavy atom. The number of rotatable bonds is 5. The van der Waals surface area contributed by atoms with Gasteiger partial charge in [0.25, 0.3) is 5.91 Å². The molecule has 1 aromatic heterocycles. The molecule has 1 fully saturated rings. The summed E-state index contributed by atoms with van der Waals surface area (Å²) in [5, 5.41) is 15.9. The predicted molar refractivity (Wildman–Crippen MR) is 107 cm³/mol. The van der Waals surface area contributed by atoms with E-state index in [1.165, 1.54) is 12.8 Å². The van der Waals surface area contributed by atoms with Crippen molar-refractivity contribution in [3.05, 3.63) is 41.2 Å². The summed E-state index contributed by atoms with van der Waals surface area (Å²) in [5.41, 5.74) is 4.08. The smallest absolute Gasteiger partial charge is 0.272 e. The van der Waals surface area contributed by atoms with Gasteiger partial charge in [0.05, 0.1) is 0 Å². The van der Waals surface area contributed by atoms with Crippen LogP contribution in [0.5, 0.6) is 0 Å². The second-order valence-corrected chi connectivity index (χ2v) is 7.38. The van der Waals surface area contributed by atoms with E-state index in [9.17, 15) is 9.59 Å². The van der Waals surface area contributed by atoms with Gasteiger partial charge in [0, 0.05) is 55.2 Å². The number of carbonyl (C=O) groups excluding carboxylic acids is 2. The predicted octanol–water partition coefficient (Wildman–Crippen LogP) is 1.41. The minimum Gasteiger partial charge on any atom is -0.371 e. The van der Waals surface area contributed by atoms with Crippen LogP contribution < -0.4 is 20.9 Å². The van der Waals surface area contributed by atoms with E-state index in [1.54, 1.807) is 6.92 Å². The summed E-state index contributed by atoms with van der Waals surface area (Å²) >= 11 is 0. The summed E-state index contributed by atoms with van der Waals surface area (Å²) < 4.78 is 0. The number of anilines is 2. The van der Waals surface area contributed by atoms with Crippen LogP contribution in [-0.4, -0.2) is 47.7 Å². The molecule has 8 nitrogen and oxygen atoms in total. The van der Waals surface area contributed by atoms with Gasteiger partial charge < -0.3 is 20.9 Å². The molecule has 1 unspecified atom stereocenters. The molecule has 1 atom stereocenters. The first-order valence-electron chi connectivity index (χ1n) is 9.85. The van der Waals surface area contributed by atoms with Crippen molar-refractivity contribution in [2.75, 3.05) is 29.9 Å². The summed E-state index contributed by atoms with van der Waals surface area (Å²) in [6, 6.07) is 7.16. The monoisotopic (exact) mass is 382 g/mol. The van der Waals surface area contributed by atoms with Gasteiger partial charge in [0.1, 0.15) is 6.04 Å². The van der Waals surface area contributed by atoms with E-state index >= 15 is 0 Å².